The third kappa shape index (κ3) is 2.70. The summed E-state index contributed by atoms with van der Waals surface area (Å²) in [6.07, 6.45) is 0. The minimum Gasteiger partial charge on any atom is -0.487 e. The lowest BCUT2D eigenvalue weighted by Crippen LogP contribution is -2.04. The van der Waals surface area contributed by atoms with Crippen LogP contribution < -0.4 is 10.5 Å². The summed E-state index contributed by atoms with van der Waals surface area (Å²) < 4.78 is 21.1. The number of aryl methyl sites for hydroxylation is 1. The predicted octanol–water partition coefficient (Wildman–Crippen LogP) is 3.84. The van der Waals surface area contributed by atoms with Gasteiger partial charge in [-0.2, -0.15) is 0 Å². The van der Waals surface area contributed by atoms with E-state index >= 15 is 0 Å². The third-order valence-corrected chi connectivity index (χ3v) is 3.84. The van der Waals surface area contributed by atoms with E-state index in [9.17, 15) is 4.39 Å². The van der Waals surface area contributed by atoms with Gasteiger partial charge in [-0.05, 0) is 36.8 Å². The van der Waals surface area contributed by atoms with Crippen molar-refractivity contribution in [2.75, 3.05) is 0 Å². The molecule has 3 aromatic rings. The smallest absolute Gasteiger partial charge is 0.128 e. The molecule has 0 fully saturated rings. The van der Waals surface area contributed by atoms with Gasteiger partial charge in [-0.15, -0.1) is 0 Å². The van der Waals surface area contributed by atoms with Crippen LogP contribution in [0.3, 0.4) is 0 Å². The van der Waals surface area contributed by atoms with Gasteiger partial charge in [-0.25, -0.2) is 4.39 Å². The van der Waals surface area contributed by atoms with Gasteiger partial charge in [0.05, 0.1) is 5.69 Å². The summed E-state index contributed by atoms with van der Waals surface area (Å²) >= 11 is 0. The summed E-state index contributed by atoms with van der Waals surface area (Å²) in [4.78, 5) is 0. The van der Waals surface area contributed by atoms with Crippen molar-refractivity contribution >= 4 is 10.9 Å². The molecule has 0 aliphatic carbocycles. The van der Waals surface area contributed by atoms with Crippen LogP contribution in [0, 0.1) is 5.82 Å². The summed E-state index contributed by atoms with van der Waals surface area (Å²) in [7, 11) is 0. The molecule has 0 saturated carbocycles. The molecule has 2 aromatic carbocycles. The number of nitrogens with two attached hydrogens (primary N) is 1. The van der Waals surface area contributed by atoms with Gasteiger partial charge >= 0.3 is 0 Å². The van der Waals surface area contributed by atoms with E-state index in [1.165, 1.54) is 12.1 Å². The van der Waals surface area contributed by atoms with E-state index in [1.807, 2.05) is 12.1 Å². The lowest BCUT2D eigenvalue weighted by molar-refractivity contribution is 0.294. The number of fused-ring (bicyclic) bond motifs is 1. The minimum atomic E-state index is -0.293. The average molecular weight is 298 g/mol. The zero-order chi connectivity index (χ0) is 15.5. The highest BCUT2D eigenvalue weighted by atomic mass is 19.1. The Morgan fingerprint density at radius 2 is 1.95 bits per heavy atom. The molecule has 0 unspecified atom stereocenters. The molecule has 0 amide bonds. The Balaban J connectivity index is 1.93. The number of hydrogen-bond donors (Lipinski definition) is 1. The Morgan fingerprint density at radius 3 is 2.68 bits per heavy atom. The predicted molar refractivity (Wildman–Crippen MR) is 86.2 cm³/mol. The number of nitrogens with zero attached hydrogens (tertiary/aromatic N) is 1. The standard InChI is InChI=1S/C18H19FN2O/c1-2-21-15(12-22-16-7-4-6-14(19)9-16)10-17-13(11-20)5-3-8-18(17)21/h3-10H,2,11-12,20H2,1H3. The SMILES string of the molecule is CCn1c(COc2cccc(F)c2)cc2c(CN)cccc21. The highest BCUT2D eigenvalue weighted by Gasteiger charge is 2.10. The highest BCUT2D eigenvalue weighted by Crippen LogP contribution is 2.25. The van der Waals surface area contributed by atoms with Crippen LogP contribution in [-0.4, -0.2) is 4.57 Å². The zero-order valence-corrected chi connectivity index (χ0v) is 12.6. The number of rotatable bonds is 5. The van der Waals surface area contributed by atoms with Gasteiger partial charge in [-0.1, -0.05) is 18.2 Å². The first kappa shape index (κ1) is 14.6. The molecule has 0 aliphatic heterocycles. The van der Waals surface area contributed by atoms with Crippen molar-refractivity contribution in [3.63, 3.8) is 0 Å². The molecule has 0 atom stereocenters. The van der Waals surface area contributed by atoms with Crippen molar-refractivity contribution in [1.29, 1.82) is 0 Å². The maximum Gasteiger partial charge on any atom is 0.128 e. The molecule has 3 nitrogen and oxygen atoms in total. The maximum atomic E-state index is 13.2. The van der Waals surface area contributed by atoms with Crippen LogP contribution >= 0.6 is 0 Å². The quantitative estimate of drug-likeness (QED) is 0.777. The van der Waals surface area contributed by atoms with Gasteiger partial charge < -0.3 is 15.0 Å². The first-order chi connectivity index (χ1) is 10.7. The lowest BCUT2D eigenvalue weighted by atomic mass is 10.1. The number of hydrogen-bond acceptors (Lipinski definition) is 2. The third-order valence-electron chi connectivity index (χ3n) is 3.84. The Bertz CT molecular complexity index is 795. The molecular weight excluding hydrogens is 279 g/mol. The second kappa shape index (κ2) is 6.20. The molecule has 4 heteroatoms. The van der Waals surface area contributed by atoms with Crippen LogP contribution in [-0.2, 0) is 19.7 Å². The molecule has 0 radical (unpaired) electrons. The summed E-state index contributed by atoms with van der Waals surface area (Å²) in [6.45, 7) is 3.85. The molecule has 3 rings (SSSR count). The molecule has 0 saturated heterocycles. The van der Waals surface area contributed by atoms with Gasteiger partial charge in [0.1, 0.15) is 18.2 Å². The topological polar surface area (TPSA) is 40.2 Å². The Kier molecular flexibility index (Phi) is 4.11. The van der Waals surface area contributed by atoms with Crippen molar-refractivity contribution in [2.45, 2.75) is 26.6 Å². The van der Waals surface area contributed by atoms with Crippen molar-refractivity contribution < 1.29 is 9.13 Å². The molecule has 1 aromatic heterocycles. The molecule has 0 spiro atoms. The van der Waals surface area contributed by atoms with Gasteiger partial charge in [-0.3, -0.25) is 0 Å². The van der Waals surface area contributed by atoms with Gasteiger partial charge in [0.25, 0.3) is 0 Å². The van der Waals surface area contributed by atoms with E-state index < -0.39 is 0 Å². The van der Waals surface area contributed by atoms with E-state index in [4.69, 9.17) is 10.5 Å². The Labute approximate surface area is 129 Å². The largest absolute Gasteiger partial charge is 0.487 e. The maximum absolute atomic E-state index is 13.2. The fourth-order valence-corrected chi connectivity index (χ4v) is 2.79. The van der Waals surface area contributed by atoms with Crippen LogP contribution in [0.15, 0.2) is 48.5 Å². The molecule has 1 heterocycles. The highest BCUT2D eigenvalue weighted by molar-refractivity contribution is 5.84. The van der Waals surface area contributed by atoms with Gasteiger partial charge in [0.15, 0.2) is 0 Å². The molecule has 0 aliphatic rings. The molecule has 114 valence electrons. The second-order valence-electron chi connectivity index (χ2n) is 5.18. The van der Waals surface area contributed by atoms with Crippen LogP contribution in [0.4, 0.5) is 4.39 Å². The summed E-state index contributed by atoms with van der Waals surface area (Å²) in [5, 5.41) is 1.16. The van der Waals surface area contributed by atoms with E-state index in [2.05, 4.69) is 23.6 Å². The van der Waals surface area contributed by atoms with Gasteiger partial charge in [0, 0.05) is 30.1 Å². The van der Waals surface area contributed by atoms with E-state index in [0.29, 0.717) is 18.9 Å². The van der Waals surface area contributed by atoms with Crippen molar-refractivity contribution in [3.8, 4) is 5.75 Å². The van der Waals surface area contributed by atoms with E-state index in [0.717, 1.165) is 28.7 Å². The van der Waals surface area contributed by atoms with Gasteiger partial charge in [0.2, 0.25) is 0 Å². The summed E-state index contributed by atoms with van der Waals surface area (Å²) in [6, 6.07) is 14.5. The molecule has 0 bridgehead atoms. The minimum absolute atomic E-state index is 0.293. The number of ether oxygens (including phenoxy) is 1. The molecule has 22 heavy (non-hydrogen) atoms. The van der Waals surface area contributed by atoms with Crippen LogP contribution in [0.25, 0.3) is 10.9 Å². The lowest BCUT2D eigenvalue weighted by Gasteiger charge is -2.10. The average Bonchev–Trinajstić information content (AvgIpc) is 2.90. The van der Waals surface area contributed by atoms with Crippen LogP contribution in [0.5, 0.6) is 5.75 Å². The number of halogens is 1. The van der Waals surface area contributed by atoms with Crippen molar-refractivity contribution in [3.05, 3.63) is 65.6 Å². The number of aromatic nitrogens is 1. The molecule has 2 N–H and O–H groups in total. The summed E-state index contributed by atoms with van der Waals surface area (Å²) in [5.41, 5.74) is 9.15. The van der Waals surface area contributed by atoms with Crippen molar-refractivity contribution in [1.82, 2.24) is 4.57 Å². The number of benzene rings is 2. The fourth-order valence-electron chi connectivity index (χ4n) is 2.79. The summed E-state index contributed by atoms with van der Waals surface area (Å²) in [5.74, 6) is 0.242. The molecular formula is C18H19FN2O. The first-order valence-electron chi connectivity index (χ1n) is 7.41. The van der Waals surface area contributed by atoms with Crippen molar-refractivity contribution in [2.24, 2.45) is 5.73 Å². The van der Waals surface area contributed by atoms with E-state index in [1.54, 1.807) is 12.1 Å². The fraction of sp³-hybridized carbons (Fsp3) is 0.222. The first-order valence-corrected chi connectivity index (χ1v) is 7.41. The van der Waals surface area contributed by atoms with Crippen LogP contribution in [0.2, 0.25) is 0 Å². The van der Waals surface area contributed by atoms with Crippen LogP contribution in [0.1, 0.15) is 18.2 Å². The monoisotopic (exact) mass is 298 g/mol. The normalized spacial score (nSPS) is 11.0. The Morgan fingerprint density at radius 1 is 1.14 bits per heavy atom. The Hall–Kier alpha value is -2.33. The zero-order valence-electron chi connectivity index (χ0n) is 12.6. The second-order valence-corrected chi connectivity index (χ2v) is 5.18. The van der Waals surface area contributed by atoms with E-state index in [-0.39, 0.29) is 5.82 Å².